The van der Waals surface area contributed by atoms with E-state index in [1.54, 1.807) is 6.07 Å². The van der Waals surface area contributed by atoms with E-state index in [0.717, 1.165) is 0 Å². The minimum atomic E-state index is 0.463. The van der Waals surface area contributed by atoms with E-state index < -0.39 is 0 Å². The van der Waals surface area contributed by atoms with Crippen LogP contribution in [0, 0.1) is 0 Å². The maximum atomic E-state index is 6.06. The molecule has 3 nitrogen and oxygen atoms in total. The SMILES string of the molecule is NCCc1nc2c(Cl)c(Br)c(Cl)cc2o1. The Labute approximate surface area is 105 Å². The van der Waals surface area contributed by atoms with Gasteiger partial charge in [-0.05, 0) is 15.9 Å². The molecular weight excluding hydrogens is 303 g/mol. The Kier molecular flexibility index (Phi) is 3.21. The van der Waals surface area contributed by atoms with Gasteiger partial charge in [0.15, 0.2) is 11.5 Å². The van der Waals surface area contributed by atoms with Crippen molar-refractivity contribution in [2.75, 3.05) is 6.54 Å². The first-order valence-corrected chi connectivity index (χ1v) is 5.81. The smallest absolute Gasteiger partial charge is 0.196 e. The van der Waals surface area contributed by atoms with E-state index in [0.29, 0.717) is 44.5 Å². The Morgan fingerprint density at radius 2 is 2.20 bits per heavy atom. The summed E-state index contributed by atoms with van der Waals surface area (Å²) in [6, 6.07) is 1.68. The molecule has 0 saturated carbocycles. The van der Waals surface area contributed by atoms with Crippen LogP contribution in [-0.4, -0.2) is 11.5 Å². The van der Waals surface area contributed by atoms with E-state index >= 15 is 0 Å². The van der Waals surface area contributed by atoms with Gasteiger partial charge >= 0.3 is 0 Å². The van der Waals surface area contributed by atoms with Crippen LogP contribution in [-0.2, 0) is 6.42 Å². The fraction of sp³-hybridized carbons (Fsp3) is 0.222. The number of benzene rings is 1. The molecule has 0 bridgehead atoms. The normalized spacial score (nSPS) is 11.2. The van der Waals surface area contributed by atoms with Crippen LogP contribution in [0.4, 0.5) is 0 Å². The molecule has 0 aliphatic rings. The van der Waals surface area contributed by atoms with Crippen LogP contribution in [0.5, 0.6) is 0 Å². The standard InChI is InChI=1S/C9H7BrCl2N2O/c10-7-4(11)3-5-9(8(7)12)14-6(15-5)1-2-13/h3H,1-2,13H2. The molecule has 6 heteroatoms. The Hall–Kier alpha value is -0.290. The van der Waals surface area contributed by atoms with E-state index in [-0.39, 0.29) is 0 Å². The second-order valence-electron chi connectivity index (χ2n) is 2.98. The summed E-state index contributed by atoms with van der Waals surface area (Å²) < 4.78 is 6.07. The van der Waals surface area contributed by atoms with Gasteiger partial charge in [-0.2, -0.15) is 0 Å². The van der Waals surface area contributed by atoms with Crippen molar-refractivity contribution in [1.29, 1.82) is 0 Å². The lowest BCUT2D eigenvalue weighted by atomic mass is 10.3. The summed E-state index contributed by atoms with van der Waals surface area (Å²) in [7, 11) is 0. The fourth-order valence-electron chi connectivity index (χ4n) is 1.25. The Morgan fingerprint density at radius 1 is 1.47 bits per heavy atom. The zero-order valence-corrected chi connectivity index (χ0v) is 10.7. The number of fused-ring (bicyclic) bond motifs is 1. The summed E-state index contributed by atoms with van der Waals surface area (Å²) in [5, 5.41) is 0.965. The molecule has 1 aromatic carbocycles. The van der Waals surface area contributed by atoms with Crippen LogP contribution < -0.4 is 5.73 Å². The number of nitrogens with zero attached hydrogens (tertiary/aromatic N) is 1. The average molecular weight is 310 g/mol. The van der Waals surface area contributed by atoms with E-state index in [4.69, 9.17) is 33.4 Å². The van der Waals surface area contributed by atoms with Gasteiger partial charge in [-0.3, -0.25) is 0 Å². The van der Waals surface area contributed by atoms with Crippen molar-refractivity contribution in [1.82, 2.24) is 4.98 Å². The molecule has 0 radical (unpaired) electrons. The first-order valence-electron chi connectivity index (χ1n) is 4.26. The van der Waals surface area contributed by atoms with Crippen molar-refractivity contribution < 1.29 is 4.42 Å². The predicted molar refractivity (Wildman–Crippen MR) is 64.5 cm³/mol. The molecule has 0 amide bonds. The van der Waals surface area contributed by atoms with Crippen LogP contribution in [0.25, 0.3) is 11.1 Å². The van der Waals surface area contributed by atoms with Gasteiger partial charge in [0.2, 0.25) is 0 Å². The first kappa shape index (κ1) is 11.2. The molecule has 0 aliphatic carbocycles. The van der Waals surface area contributed by atoms with Crippen molar-refractivity contribution in [3.8, 4) is 0 Å². The summed E-state index contributed by atoms with van der Waals surface area (Å²) in [6.45, 7) is 0.485. The second kappa shape index (κ2) is 4.29. The predicted octanol–water partition coefficient (Wildman–Crippen LogP) is 3.40. The van der Waals surface area contributed by atoms with Crippen molar-refractivity contribution in [3.63, 3.8) is 0 Å². The third kappa shape index (κ3) is 1.99. The number of aromatic nitrogens is 1. The zero-order chi connectivity index (χ0) is 11.0. The third-order valence-electron chi connectivity index (χ3n) is 1.92. The largest absolute Gasteiger partial charge is 0.441 e. The van der Waals surface area contributed by atoms with Gasteiger partial charge in [0, 0.05) is 19.0 Å². The second-order valence-corrected chi connectivity index (χ2v) is 4.56. The van der Waals surface area contributed by atoms with E-state index in [2.05, 4.69) is 20.9 Å². The van der Waals surface area contributed by atoms with Gasteiger partial charge < -0.3 is 10.2 Å². The topological polar surface area (TPSA) is 52.0 Å². The molecule has 2 N–H and O–H groups in total. The van der Waals surface area contributed by atoms with E-state index in [1.165, 1.54) is 0 Å². The quantitative estimate of drug-likeness (QED) is 0.865. The molecule has 0 saturated heterocycles. The maximum Gasteiger partial charge on any atom is 0.196 e. The summed E-state index contributed by atoms with van der Waals surface area (Å²) in [6.07, 6.45) is 0.584. The summed E-state index contributed by atoms with van der Waals surface area (Å²) in [5.74, 6) is 0.573. The summed E-state index contributed by atoms with van der Waals surface area (Å²) >= 11 is 15.3. The van der Waals surface area contributed by atoms with Crippen molar-refractivity contribution >= 4 is 50.2 Å². The van der Waals surface area contributed by atoms with Crippen LogP contribution >= 0.6 is 39.1 Å². The molecule has 0 spiro atoms. The Balaban J connectivity index is 2.65. The highest BCUT2D eigenvalue weighted by Crippen LogP contribution is 2.36. The number of rotatable bonds is 2. The summed E-state index contributed by atoms with van der Waals surface area (Å²) in [4.78, 5) is 4.24. The Bertz CT molecular complexity index is 512. The minimum Gasteiger partial charge on any atom is -0.441 e. The highest BCUT2D eigenvalue weighted by molar-refractivity contribution is 9.10. The van der Waals surface area contributed by atoms with Crippen molar-refractivity contribution in [3.05, 3.63) is 26.5 Å². The lowest BCUT2D eigenvalue weighted by Gasteiger charge is -1.97. The molecule has 0 fully saturated rings. The molecule has 1 heterocycles. The monoisotopic (exact) mass is 308 g/mol. The Morgan fingerprint density at radius 3 is 2.87 bits per heavy atom. The summed E-state index contributed by atoms with van der Waals surface area (Å²) in [5.41, 5.74) is 6.60. The molecule has 0 aliphatic heterocycles. The van der Waals surface area contributed by atoms with Gasteiger partial charge in [-0.25, -0.2) is 4.98 Å². The average Bonchev–Trinajstić information content (AvgIpc) is 2.58. The highest BCUT2D eigenvalue weighted by atomic mass is 79.9. The number of hydrogen-bond donors (Lipinski definition) is 1. The van der Waals surface area contributed by atoms with Crippen LogP contribution in [0.2, 0.25) is 10.0 Å². The fourth-order valence-corrected chi connectivity index (χ4v) is 2.03. The van der Waals surface area contributed by atoms with Crippen LogP contribution in [0.3, 0.4) is 0 Å². The van der Waals surface area contributed by atoms with Gasteiger partial charge in [0.25, 0.3) is 0 Å². The molecule has 0 unspecified atom stereocenters. The van der Waals surface area contributed by atoms with E-state index in [9.17, 15) is 0 Å². The maximum absolute atomic E-state index is 6.06. The minimum absolute atomic E-state index is 0.463. The lowest BCUT2D eigenvalue weighted by Crippen LogP contribution is -2.02. The molecule has 1 aromatic heterocycles. The number of nitrogens with two attached hydrogens (primary N) is 1. The lowest BCUT2D eigenvalue weighted by molar-refractivity contribution is 0.531. The van der Waals surface area contributed by atoms with Gasteiger partial charge in [0.1, 0.15) is 5.52 Å². The number of halogens is 3. The molecule has 2 aromatic rings. The van der Waals surface area contributed by atoms with Crippen LogP contribution in [0.1, 0.15) is 5.89 Å². The van der Waals surface area contributed by atoms with Crippen molar-refractivity contribution in [2.24, 2.45) is 5.73 Å². The molecule has 0 atom stereocenters. The molecular formula is C9H7BrCl2N2O. The van der Waals surface area contributed by atoms with Crippen LogP contribution in [0.15, 0.2) is 15.0 Å². The third-order valence-corrected chi connectivity index (χ3v) is 3.87. The molecule has 2 rings (SSSR count). The van der Waals surface area contributed by atoms with Gasteiger partial charge in [-0.1, -0.05) is 23.2 Å². The van der Waals surface area contributed by atoms with Crippen molar-refractivity contribution in [2.45, 2.75) is 6.42 Å². The number of oxazole rings is 1. The van der Waals surface area contributed by atoms with E-state index in [1.807, 2.05) is 0 Å². The molecule has 15 heavy (non-hydrogen) atoms. The zero-order valence-electron chi connectivity index (χ0n) is 7.56. The number of hydrogen-bond acceptors (Lipinski definition) is 3. The van der Waals surface area contributed by atoms with Gasteiger partial charge in [0.05, 0.1) is 14.5 Å². The highest BCUT2D eigenvalue weighted by Gasteiger charge is 2.14. The molecule has 80 valence electrons. The van der Waals surface area contributed by atoms with Gasteiger partial charge in [-0.15, -0.1) is 0 Å². The first-order chi connectivity index (χ1) is 7.13.